The number of ether oxygens (including phenoxy) is 2. The summed E-state index contributed by atoms with van der Waals surface area (Å²) in [6, 6.07) is 25.3. The Kier molecular flexibility index (Phi) is 8.19. The first-order chi connectivity index (χ1) is 16.0. The van der Waals surface area contributed by atoms with E-state index in [1.54, 1.807) is 25.1 Å². The van der Waals surface area contributed by atoms with Gasteiger partial charge in [0.25, 0.3) is 0 Å². The molecule has 0 saturated carbocycles. The summed E-state index contributed by atoms with van der Waals surface area (Å²) in [5.41, 5.74) is 6.12. The predicted octanol–water partition coefficient (Wildman–Crippen LogP) is 6.69. The van der Waals surface area contributed by atoms with E-state index in [0.717, 1.165) is 40.3 Å². The van der Waals surface area contributed by atoms with Crippen LogP contribution in [0.25, 0.3) is 17.2 Å². The third kappa shape index (κ3) is 6.43. The maximum absolute atomic E-state index is 11.6. The summed E-state index contributed by atoms with van der Waals surface area (Å²) in [4.78, 5) is 22.4. The van der Waals surface area contributed by atoms with Gasteiger partial charge in [0, 0.05) is 6.08 Å². The molecular formula is C28H26O5. The average molecular weight is 443 g/mol. The number of hydrogen-bond acceptors (Lipinski definition) is 4. The molecule has 0 aliphatic rings. The second-order valence-corrected chi connectivity index (χ2v) is 7.18. The molecule has 1 N–H and O–H groups in total. The highest BCUT2D eigenvalue weighted by Crippen LogP contribution is 2.35. The summed E-state index contributed by atoms with van der Waals surface area (Å²) in [5, 5.41) is 8.87. The first-order valence-corrected chi connectivity index (χ1v) is 10.8. The van der Waals surface area contributed by atoms with E-state index in [1.165, 1.54) is 5.57 Å². The minimum Gasteiger partial charge on any atom is -0.478 e. The van der Waals surface area contributed by atoms with Crippen molar-refractivity contribution >= 4 is 29.3 Å². The molecule has 0 fully saturated rings. The molecule has 5 heteroatoms. The molecule has 0 aliphatic heterocycles. The number of carboxylic acid groups (broad SMARTS) is 1. The zero-order valence-electron chi connectivity index (χ0n) is 18.7. The van der Waals surface area contributed by atoms with Crippen LogP contribution in [0.4, 0.5) is 4.79 Å². The van der Waals surface area contributed by atoms with E-state index in [-0.39, 0.29) is 6.61 Å². The molecule has 0 spiro atoms. The van der Waals surface area contributed by atoms with Gasteiger partial charge in [-0.15, -0.1) is 0 Å². The maximum Gasteiger partial charge on any atom is 0.513 e. The Balaban J connectivity index is 2.06. The van der Waals surface area contributed by atoms with Gasteiger partial charge in [0.2, 0.25) is 0 Å². The lowest BCUT2D eigenvalue weighted by Gasteiger charge is -2.17. The largest absolute Gasteiger partial charge is 0.513 e. The van der Waals surface area contributed by atoms with Crippen molar-refractivity contribution in [2.75, 3.05) is 6.61 Å². The lowest BCUT2D eigenvalue weighted by Crippen LogP contribution is -2.09. The highest BCUT2D eigenvalue weighted by atomic mass is 16.7. The number of carbonyl (C=O) groups is 2. The molecule has 0 radical (unpaired) electrons. The van der Waals surface area contributed by atoms with Gasteiger partial charge < -0.3 is 14.6 Å². The Morgan fingerprint density at radius 2 is 1.42 bits per heavy atom. The van der Waals surface area contributed by atoms with Crippen LogP contribution in [0.3, 0.4) is 0 Å². The highest BCUT2D eigenvalue weighted by molar-refractivity contribution is 5.98. The summed E-state index contributed by atoms with van der Waals surface area (Å²) in [7, 11) is 0. The quantitative estimate of drug-likeness (QED) is 0.182. The molecular weight excluding hydrogens is 416 g/mol. The van der Waals surface area contributed by atoms with E-state index in [1.807, 2.05) is 54.6 Å². The SMILES string of the molecule is CCOC(=O)Oc1ccc(C(=C(CC)c2ccccc2)c2ccc(C=CC(=O)O)cc2)cc1. The Bertz CT molecular complexity index is 1140. The van der Waals surface area contributed by atoms with Gasteiger partial charge >= 0.3 is 12.1 Å². The lowest BCUT2D eigenvalue weighted by molar-refractivity contribution is -0.131. The number of aliphatic carboxylic acids is 1. The molecule has 33 heavy (non-hydrogen) atoms. The van der Waals surface area contributed by atoms with E-state index < -0.39 is 12.1 Å². The fourth-order valence-corrected chi connectivity index (χ4v) is 3.54. The van der Waals surface area contributed by atoms with E-state index in [2.05, 4.69) is 19.1 Å². The normalized spacial score (nSPS) is 11.7. The van der Waals surface area contributed by atoms with Crippen LogP contribution in [0.5, 0.6) is 5.75 Å². The van der Waals surface area contributed by atoms with E-state index in [0.29, 0.717) is 5.75 Å². The third-order valence-electron chi connectivity index (χ3n) is 5.00. The standard InChI is InChI=1S/C28H26O5/c1-3-25(21-8-6-5-7-9-21)27(22-13-10-20(11-14-22)12-19-26(29)30)23-15-17-24(18-16-23)33-28(31)32-4-2/h5-19H,3-4H2,1-2H3,(H,29,30). The van der Waals surface area contributed by atoms with Gasteiger partial charge in [-0.2, -0.15) is 0 Å². The van der Waals surface area contributed by atoms with Crippen molar-refractivity contribution in [3.05, 3.63) is 107 Å². The van der Waals surface area contributed by atoms with Crippen molar-refractivity contribution in [3.8, 4) is 5.75 Å². The second-order valence-electron chi connectivity index (χ2n) is 7.18. The second kappa shape index (κ2) is 11.5. The Hall–Kier alpha value is -4.12. The summed E-state index contributed by atoms with van der Waals surface area (Å²) in [5.74, 6) is -0.578. The van der Waals surface area contributed by atoms with Crippen LogP contribution in [0.15, 0.2) is 84.9 Å². The molecule has 3 rings (SSSR count). The number of benzene rings is 3. The van der Waals surface area contributed by atoms with Crippen LogP contribution in [0.1, 0.15) is 42.5 Å². The number of hydrogen-bond donors (Lipinski definition) is 1. The fraction of sp³-hybridized carbons (Fsp3) is 0.143. The zero-order chi connectivity index (χ0) is 23.6. The van der Waals surface area contributed by atoms with Crippen molar-refractivity contribution in [2.24, 2.45) is 0 Å². The predicted molar refractivity (Wildman–Crippen MR) is 130 cm³/mol. The molecule has 5 nitrogen and oxygen atoms in total. The van der Waals surface area contributed by atoms with E-state index >= 15 is 0 Å². The molecule has 0 saturated heterocycles. The molecule has 0 aliphatic carbocycles. The number of carboxylic acids is 1. The van der Waals surface area contributed by atoms with Gasteiger partial charge in [-0.05, 0) is 65.0 Å². The maximum atomic E-state index is 11.6. The Morgan fingerprint density at radius 1 is 0.818 bits per heavy atom. The highest BCUT2D eigenvalue weighted by Gasteiger charge is 2.14. The molecule has 0 atom stereocenters. The van der Waals surface area contributed by atoms with Gasteiger partial charge in [-0.3, -0.25) is 0 Å². The van der Waals surface area contributed by atoms with E-state index in [4.69, 9.17) is 14.6 Å². The molecule has 0 bridgehead atoms. The monoisotopic (exact) mass is 442 g/mol. The number of rotatable bonds is 8. The zero-order valence-corrected chi connectivity index (χ0v) is 18.7. The van der Waals surface area contributed by atoms with Crippen molar-refractivity contribution in [1.29, 1.82) is 0 Å². The molecule has 0 aromatic heterocycles. The van der Waals surface area contributed by atoms with Crippen LogP contribution < -0.4 is 4.74 Å². The lowest BCUT2D eigenvalue weighted by atomic mass is 9.88. The summed E-state index contributed by atoms with van der Waals surface area (Å²) in [6.07, 6.45) is 2.76. The first kappa shape index (κ1) is 23.5. The Morgan fingerprint density at radius 3 is 1.97 bits per heavy atom. The minimum atomic E-state index is -0.984. The van der Waals surface area contributed by atoms with Crippen molar-refractivity contribution < 1.29 is 24.2 Å². The molecule has 0 heterocycles. The number of allylic oxidation sites excluding steroid dienone is 1. The molecule has 168 valence electrons. The smallest absolute Gasteiger partial charge is 0.478 e. The van der Waals surface area contributed by atoms with Crippen LogP contribution in [-0.2, 0) is 9.53 Å². The molecule has 3 aromatic rings. The van der Waals surface area contributed by atoms with Crippen LogP contribution >= 0.6 is 0 Å². The first-order valence-electron chi connectivity index (χ1n) is 10.8. The van der Waals surface area contributed by atoms with Crippen LogP contribution in [0.2, 0.25) is 0 Å². The Labute approximate surface area is 193 Å². The minimum absolute atomic E-state index is 0.248. The molecule has 0 unspecified atom stereocenters. The average Bonchev–Trinajstić information content (AvgIpc) is 2.83. The topological polar surface area (TPSA) is 72.8 Å². The fourth-order valence-electron chi connectivity index (χ4n) is 3.54. The van der Waals surface area contributed by atoms with Crippen molar-refractivity contribution in [1.82, 2.24) is 0 Å². The molecule has 0 amide bonds. The molecule has 3 aromatic carbocycles. The van der Waals surface area contributed by atoms with E-state index in [9.17, 15) is 9.59 Å². The van der Waals surface area contributed by atoms with Crippen LogP contribution in [0, 0.1) is 0 Å². The number of carbonyl (C=O) groups excluding carboxylic acids is 1. The summed E-state index contributed by atoms with van der Waals surface area (Å²) in [6.45, 7) is 4.09. The van der Waals surface area contributed by atoms with Gasteiger partial charge in [0.15, 0.2) is 0 Å². The van der Waals surface area contributed by atoms with Gasteiger partial charge in [-0.1, -0.05) is 73.7 Å². The summed E-state index contributed by atoms with van der Waals surface area (Å²) < 4.78 is 10.0. The van der Waals surface area contributed by atoms with Gasteiger partial charge in [0.1, 0.15) is 5.75 Å². The van der Waals surface area contributed by atoms with Gasteiger partial charge in [-0.25, -0.2) is 9.59 Å². The van der Waals surface area contributed by atoms with Crippen molar-refractivity contribution in [3.63, 3.8) is 0 Å². The third-order valence-corrected chi connectivity index (χ3v) is 5.00. The summed E-state index contributed by atoms with van der Waals surface area (Å²) >= 11 is 0. The van der Waals surface area contributed by atoms with Crippen LogP contribution in [-0.4, -0.2) is 23.8 Å². The van der Waals surface area contributed by atoms with Crippen molar-refractivity contribution in [2.45, 2.75) is 20.3 Å². The van der Waals surface area contributed by atoms with Gasteiger partial charge in [0.05, 0.1) is 6.61 Å².